The second kappa shape index (κ2) is 5.09. The fourth-order valence-corrected chi connectivity index (χ4v) is 1.35. The summed E-state index contributed by atoms with van der Waals surface area (Å²) in [4.78, 5) is 22.0. The molecule has 2 aromatic rings. The van der Waals surface area contributed by atoms with Crippen LogP contribution in [-0.4, -0.2) is 28.4 Å². The van der Waals surface area contributed by atoms with Crippen molar-refractivity contribution in [3.63, 3.8) is 0 Å². The Bertz CT molecular complexity index is 559. The number of fused-ring (bicyclic) bond motifs is 1. The normalized spacial score (nSPS) is 9.38. The lowest BCUT2D eigenvalue weighted by Crippen LogP contribution is -2.20. The lowest BCUT2D eigenvalue weighted by molar-refractivity contribution is 0.106. The van der Waals surface area contributed by atoms with Crippen molar-refractivity contribution in [2.75, 3.05) is 7.11 Å². The summed E-state index contributed by atoms with van der Waals surface area (Å²) in [5.74, 6) is 0. The van der Waals surface area contributed by atoms with Crippen molar-refractivity contribution in [2.45, 2.75) is 0 Å². The SMILES string of the molecule is CO.O=Cc1cc2ccccc2c(=O)n1O. The van der Waals surface area contributed by atoms with Gasteiger partial charge < -0.3 is 10.3 Å². The number of nitrogens with zero attached hydrogens (tertiary/aromatic N) is 1. The summed E-state index contributed by atoms with van der Waals surface area (Å²) in [6, 6.07) is 8.23. The highest BCUT2D eigenvalue weighted by Gasteiger charge is 2.05. The third-order valence-corrected chi connectivity index (χ3v) is 2.05. The van der Waals surface area contributed by atoms with Gasteiger partial charge in [0.15, 0.2) is 6.29 Å². The predicted octanol–water partition coefficient (Wildman–Crippen LogP) is 0.660. The summed E-state index contributed by atoms with van der Waals surface area (Å²) in [5, 5.41) is 17.3. The van der Waals surface area contributed by atoms with E-state index in [9.17, 15) is 14.8 Å². The Morgan fingerprint density at radius 2 is 1.88 bits per heavy atom. The van der Waals surface area contributed by atoms with Gasteiger partial charge in [-0.05, 0) is 17.5 Å². The average molecular weight is 221 g/mol. The Labute approximate surface area is 91.1 Å². The lowest BCUT2D eigenvalue weighted by atomic mass is 10.1. The Balaban J connectivity index is 0.000000606. The number of rotatable bonds is 1. The molecule has 1 aromatic heterocycles. The summed E-state index contributed by atoms with van der Waals surface area (Å²) in [7, 11) is 1.00. The van der Waals surface area contributed by atoms with Crippen LogP contribution in [0.15, 0.2) is 35.1 Å². The van der Waals surface area contributed by atoms with Gasteiger partial charge in [0, 0.05) is 7.11 Å². The molecule has 0 saturated carbocycles. The molecular weight excluding hydrogens is 210 g/mol. The van der Waals surface area contributed by atoms with Crippen LogP contribution in [0.25, 0.3) is 10.8 Å². The number of benzene rings is 1. The topological polar surface area (TPSA) is 79.5 Å². The molecule has 0 bridgehead atoms. The van der Waals surface area contributed by atoms with Crippen LogP contribution in [0.2, 0.25) is 0 Å². The zero-order valence-corrected chi connectivity index (χ0v) is 8.62. The maximum absolute atomic E-state index is 11.5. The largest absolute Gasteiger partial charge is 0.425 e. The van der Waals surface area contributed by atoms with Crippen LogP contribution in [0.3, 0.4) is 0 Å². The van der Waals surface area contributed by atoms with Crippen LogP contribution < -0.4 is 5.56 Å². The first-order valence-corrected chi connectivity index (χ1v) is 4.48. The second-order valence-corrected chi connectivity index (χ2v) is 2.89. The zero-order valence-electron chi connectivity index (χ0n) is 8.62. The molecule has 0 radical (unpaired) electrons. The minimum Gasteiger partial charge on any atom is -0.425 e. The highest BCUT2D eigenvalue weighted by atomic mass is 16.5. The molecule has 0 atom stereocenters. The lowest BCUT2D eigenvalue weighted by Gasteiger charge is -2.02. The predicted molar refractivity (Wildman–Crippen MR) is 58.9 cm³/mol. The van der Waals surface area contributed by atoms with Crippen LogP contribution in [0.1, 0.15) is 10.5 Å². The van der Waals surface area contributed by atoms with E-state index in [1.807, 2.05) is 0 Å². The third-order valence-electron chi connectivity index (χ3n) is 2.05. The van der Waals surface area contributed by atoms with Crippen molar-refractivity contribution in [2.24, 2.45) is 0 Å². The molecule has 0 amide bonds. The molecule has 1 aromatic carbocycles. The van der Waals surface area contributed by atoms with E-state index in [1.54, 1.807) is 24.3 Å². The van der Waals surface area contributed by atoms with Gasteiger partial charge in [0.1, 0.15) is 5.69 Å². The number of aliphatic hydroxyl groups is 1. The average Bonchev–Trinajstić information content (AvgIpc) is 2.36. The van der Waals surface area contributed by atoms with Crippen molar-refractivity contribution in [1.29, 1.82) is 0 Å². The first kappa shape index (κ1) is 11.9. The van der Waals surface area contributed by atoms with E-state index in [2.05, 4.69) is 0 Å². The standard InChI is InChI=1S/C10H7NO3.CH4O/c12-6-8-5-7-3-1-2-4-9(7)10(13)11(8)14;1-2/h1-6,14H;2H,1H3. The fourth-order valence-electron chi connectivity index (χ4n) is 1.35. The fraction of sp³-hybridized carbons (Fsp3) is 0.0909. The molecule has 2 rings (SSSR count). The van der Waals surface area contributed by atoms with Crippen molar-refractivity contribution < 1.29 is 15.1 Å². The minimum atomic E-state index is -0.579. The quantitative estimate of drug-likeness (QED) is 0.547. The zero-order chi connectivity index (χ0) is 12.1. The van der Waals surface area contributed by atoms with Gasteiger partial charge in [-0.1, -0.05) is 18.2 Å². The molecule has 0 aliphatic carbocycles. The van der Waals surface area contributed by atoms with Crippen LogP contribution in [0.4, 0.5) is 0 Å². The highest BCUT2D eigenvalue weighted by molar-refractivity contribution is 5.86. The molecule has 0 spiro atoms. The van der Waals surface area contributed by atoms with Gasteiger partial charge in [-0.25, -0.2) is 0 Å². The number of pyridine rings is 1. The molecule has 1 heterocycles. The molecule has 0 fully saturated rings. The number of hydrogen-bond acceptors (Lipinski definition) is 4. The molecule has 5 heteroatoms. The van der Waals surface area contributed by atoms with Crippen LogP contribution in [0.5, 0.6) is 0 Å². The summed E-state index contributed by atoms with van der Waals surface area (Å²) < 4.78 is 0.356. The van der Waals surface area contributed by atoms with Crippen molar-refractivity contribution in [3.8, 4) is 0 Å². The smallest absolute Gasteiger partial charge is 0.291 e. The molecule has 84 valence electrons. The summed E-state index contributed by atoms with van der Waals surface area (Å²) in [6.45, 7) is 0. The molecule has 0 aliphatic heterocycles. The molecule has 0 aliphatic rings. The van der Waals surface area contributed by atoms with Gasteiger partial charge in [-0.2, -0.15) is 0 Å². The van der Waals surface area contributed by atoms with Crippen LogP contribution >= 0.6 is 0 Å². The maximum Gasteiger partial charge on any atom is 0.291 e. The molecule has 5 nitrogen and oxygen atoms in total. The molecule has 0 saturated heterocycles. The number of carbonyl (C=O) groups is 1. The van der Waals surface area contributed by atoms with Gasteiger partial charge >= 0.3 is 0 Å². The van der Waals surface area contributed by atoms with Gasteiger partial charge in [0.05, 0.1) is 5.39 Å². The van der Waals surface area contributed by atoms with E-state index in [4.69, 9.17) is 5.11 Å². The first-order chi connectivity index (χ1) is 7.74. The van der Waals surface area contributed by atoms with Gasteiger partial charge in [0.25, 0.3) is 5.56 Å². The number of carbonyl (C=O) groups excluding carboxylic acids is 1. The van der Waals surface area contributed by atoms with E-state index < -0.39 is 5.56 Å². The van der Waals surface area contributed by atoms with Crippen molar-refractivity contribution in [1.82, 2.24) is 4.73 Å². The van der Waals surface area contributed by atoms with E-state index in [-0.39, 0.29) is 5.69 Å². The summed E-state index contributed by atoms with van der Waals surface area (Å²) >= 11 is 0. The van der Waals surface area contributed by atoms with E-state index in [1.165, 1.54) is 6.07 Å². The van der Waals surface area contributed by atoms with Gasteiger partial charge in [-0.15, -0.1) is 4.73 Å². The molecule has 2 N–H and O–H groups in total. The third kappa shape index (κ3) is 1.94. The van der Waals surface area contributed by atoms with Gasteiger partial charge in [-0.3, -0.25) is 9.59 Å². The Morgan fingerprint density at radius 1 is 1.25 bits per heavy atom. The van der Waals surface area contributed by atoms with Crippen LogP contribution in [0, 0.1) is 0 Å². The summed E-state index contributed by atoms with van der Waals surface area (Å²) in [5.41, 5.74) is -0.626. The summed E-state index contributed by atoms with van der Waals surface area (Å²) in [6.07, 6.45) is 0.438. The number of aromatic nitrogens is 1. The van der Waals surface area contributed by atoms with E-state index in [0.717, 1.165) is 7.11 Å². The molecular formula is C11H11NO4. The Hall–Kier alpha value is -2.14. The number of hydrogen-bond donors (Lipinski definition) is 2. The monoisotopic (exact) mass is 221 g/mol. The van der Waals surface area contributed by atoms with Gasteiger partial charge in [0.2, 0.25) is 0 Å². The Kier molecular flexibility index (Phi) is 3.79. The van der Waals surface area contributed by atoms with Crippen molar-refractivity contribution >= 4 is 17.1 Å². The van der Waals surface area contributed by atoms with Crippen LogP contribution in [-0.2, 0) is 0 Å². The maximum atomic E-state index is 11.5. The highest BCUT2D eigenvalue weighted by Crippen LogP contribution is 2.09. The minimum absolute atomic E-state index is 0.0475. The van der Waals surface area contributed by atoms with Crippen molar-refractivity contribution in [3.05, 3.63) is 46.4 Å². The molecule has 16 heavy (non-hydrogen) atoms. The van der Waals surface area contributed by atoms with E-state index in [0.29, 0.717) is 21.8 Å². The number of aliphatic hydroxyl groups excluding tert-OH is 1. The first-order valence-electron chi connectivity index (χ1n) is 4.48. The molecule has 0 unspecified atom stereocenters. The number of aldehydes is 1. The van der Waals surface area contributed by atoms with E-state index >= 15 is 0 Å². The second-order valence-electron chi connectivity index (χ2n) is 2.89. The Morgan fingerprint density at radius 3 is 2.50 bits per heavy atom.